The van der Waals surface area contributed by atoms with Crippen molar-refractivity contribution in [3.8, 4) is 5.75 Å². The topological polar surface area (TPSA) is 77.4 Å². The molecule has 0 spiro atoms. The van der Waals surface area contributed by atoms with Gasteiger partial charge in [-0.3, -0.25) is 9.52 Å². The van der Waals surface area contributed by atoms with Crippen LogP contribution in [0.15, 0.2) is 54.6 Å². The predicted octanol–water partition coefficient (Wildman–Crippen LogP) is 3.76. The number of nitrogens with one attached hydrogen (secondary N) is 1. The molecule has 0 bridgehead atoms. The third-order valence-electron chi connectivity index (χ3n) is 4.61. The van der Waals surface area contributed by atoms with Crippen LogP contribution in [-0.2, 0) is 23.5 Å². The van der Waals surface area contributed by atoms with E-state index in [2.05, 4.69) is 4.72 Å². The van der Waals surface area contributed by atoms with Gasteiger partial charge in [0.1, 0.15) is 11.6 Å². The fourth-order valence-corrected chi connectivity index (χ4v) is 3.69. The molecule has 0 amide bonds. The summed E-state index contributed by atoms with van der Waals surface area (Å²) in [5.41, 5.74) is 2.35. The molecule has 1 aromatic heterocycles. The Morgan fingerprint density at radius 2 is 1.80 bits per heavy atom. The molecule has 1 N–H and O–H groups in total. The molecule has 3 aromatic rings. The number of hydrogen-bond acceptors (Lipinski definition) is 4. The molecule has 0 fully saturated rings. The number of hydrogen-bond donors (Lipinski definition) is 1. The van der Waals surface area contributed by atoms with Crippen LogP contribution < -0.4 is 9.46 Å². The SMILES string of the molecule is CCOc1ccc(C(=O)c2ccc(Cc3ccc(NS(C)(=O)=O)cc3F)n2C)cc1. The highest BCUT2D eigenvalue weighted by molar-refractivity contribution is 7.92. The Kier molecular flexibility index (Phi) is 6.26. The quantitative estimate of drug-likeness (QED) is 0.552. The molecule has 8 heteroatoms. The van der Waals surface area contributed by atoms with Crippen molar-refractivity contribution in [2.45, 2.75) is 13.3 Å². The Labute approximate surface area is 175 Å². The second-order valence-electron chi connectivity index (χ2n) is 6.91. The van der Waals surface area contributed by atoms with Gasteiger partial charge in [0, 0.05) is 24.7 Å². The van der Waals surface area contributed by atoms with Gasteiger partial charge >= 0.3 is 0 Å². The van der Waals surface area contributed by atoms with Crippen LogP contribution >= 0.6 is 0 Å². The smallest absolute Gasteiger partial charge is 0.229 e. The van der Waals surface area contributed by atoms with Crippen molar-refractivity contribution in [2.24, 2.45) is 7.05 Å². The largest absolute Gasteiger partial charge is 0.494 e. The van der Waals surface area contributed by atoms with E-state index in [0.29, 0.717) is 29.2 Å². The second kappa shape index (κ2) is 8.71. The number of carbonyl (C=O) groups excluding carboxylic acids is 1. The maximum atomic E-state index is 14.5. The molecule has 6 nitrogen and oxygen atoms in total. The summed E-state index contributed by atoms with van der Waals surface area (Å²) in [5, 5.41) is 0. The van der Waals surface area contributed by atoms with Gasteiger partial charge in [0.15, 0.2) is 0 Å². The third-order valence-corrected chi connectivity index (χ3v) is 5.22. The van der Waals surface area contributed by atoms with Crippen molar-refractivity contribution in [3.05, 3.63) is 82.9 Å². The van der Waals surface area contributed by atoms with Gasteiger partial charge in [-0.25, -0.2) is 12.8 Å². The number of rotatable bonds is 8. The van der Waals surface area contributed by atoms with E-state index in [-0.39, 0.29) is 17.9 Å². The van der Waals surface area contributed by atoms with E-state index < -0.39 is 15.8 Å². The van der Waals surface area contributed by atoms with E-state index >= 15 is 0 Å². The lowest BCUT2D eigenvalue weighted by Crippen LogP contribution is -2.11. The van der Waals surface area contributed by atoms with E-state index in [1.807, 2.05) is 6.92 Å². The Morgan fingerprint density at radius 3 is 2.40 bits per heavy atom. The maximum Gasteiger partial charge on any atom is 0.229 e. The molecule has 0 aliphatic rings. The fourth-order valence-electron chi connectivity index (χ4n) is 3.14. The molecule has 30 heavy (non-hydrogen) atoms. The molecule has 0 atom stereocenters. The number of halogens is 1. The minimum atomic E-state index is -3.48. The van der Waals surface area contributed by atoms with Gasteiger partial charge in [-0.05, 0) is 61.0 Å². The van der Waals surface area contributed by atoms with Crippen LogP contribution in [0.3, 0.4) is 0 Å². The molecule has 158 valence electrons. The number of nitrogens with zero attached hydrogens (tertiary/aromatic N) is 1. The van der Waals surface area contributed by atoms with Crippen molar-refractivity contribution < 1.29 is 22.3 Å². The molecule has 2 aromatic carbocycles. The van der Waals surface area contributed by atoms with Gasteiger partial charge in [-0.1, -0.05) is 6.07 Å². The number of ether oxygens (including phenoxy) is 1. The van der Waals surface area contributed by atoms with Crippen LogP contribution in [0.1, 0.15) is 34.2 Å². The van der Waals surface area contributed by atoms with Crippen LogP contribution in [0.2, 0.25) is 0 Å². The van der Waals surface area contributed by atoms with E-state index in [1.165, 1.54) is 12.1 Å². The average molecular weight is 431 g/mol. The minimum absolute atomic E-state index is 0.139. The lowest BCUT2D eigenvalue weighted by molar-refractivity contribution is 0.103. The first kappa shape index (κ1) is 21.6. The summed E-state index contributed by atoms with van der Waals surface area (Å²) in [7, 11) is -1.72. The van der Waals surface area contributed by atoms with Gasteiger partial charge in [-0.15, -0.1) is 0 Å². The number of aromatic nitrogens is 1. The van der Waals surface area contributed by atoms with Crippen LogP contribution in [-0.4, -0.2) is 31.6 Å². The van der Waals surface area contributed by atoms with Gasteiger partial charge in [0.05, 0.1) is 24.2 Å². The summed E-state index contributed by atoms with van der Waals surface area (Å²) in [4.78, 5) is 12.8. The number of ketones is 1. The summed E-state index contributed by atoms with van der Waals surface area (Å²) < 4.78 is 46.4. The average Bonchev–Trinajstić information content (AvgIpc) is 3.03. The van der Waals surface area contributed by atoms with Gasteiger partial charge < -0.3 is 9.30 Å². The second-order valence-corrected chi connectivity index (χ2v) is 8.66. The number of sulfonamides is 1. The molecule has 0 unspecified atom stereocenters. The number of carbonyl (C=O) groups is 1. The Balaban J connectivity index is 1.79. The molecule has 0 aliphatic heterocycles. The van der Waals surface area contributed by atoms with Crippen LogP contribution in [0, 0.1) is 5.82 Å². The highest BCUT2D eigenvalue weighted by atomic mass is 32.2. The Bertz CT molecular complexity index is 1170. The van der Waals surface area contributed by atoms with Crippen molar-refractivity contribution in [1.82, 2.24) is 4.57 Å². The van der Waals surface area contributed by atoms with E-state index in [1.54, 1.807) is 48.0 Å². The van der Waals surface area contributed by atoms with Crippen molar-refractivity contribution in [1.29, 1.82) is 0 Å². The monoisotopic (exact) mass is 430 g/mol. The first-order valence-corrected chi connectivity index (χ1v) is 11.3. The zero-order chi connectivity index (χ0) is 21.9. The van der Waals surface area contributed by atoms with Crippen molar-refractivity contribution in [3.63, 3.8) is 0 Å². The highest BCUT2D eigenvalue weighted by Gasteiger charge is 2.16. The van der Waals surface area contributed by atoms with E-state index in [9.17, 15) is 17.6 Å². The maximum absolute atomic E-state index is 14.5. The molecule has 1 heterocycles. The summed E-state index contributed by atoms with van der Waals surface area (Å²) in [6, 6.07) is 14.6. The fraction of sp³-hybridized carbons (Fsp3) is 0.227. The normalized spacial score (nSPS) is 11.3. The van der Waals surface area contributed by atoms with E-state index in [4.69, 9.17) is 4.74 Å². The Hall–Kier alpha value is -3.13. The molecule has 3 rings (SSSR count). The summed E-state index contributed by atoms with van der Waals surface area (Å²) in [6.07, 6.45) is 1.27. The number of benzene rings is 2. The number of anilines is 1. The molecular weight excluding hydrogens is 407 g/mol. The van der Waals surface area contributed by atoms with Crippen molar-refractivity contribution >= 4 is 21.5 Å². The van der Waals surface area contributed by atoms with Crippen molar-refractivity contribution in [2.75, 3.05) is 17.6 Å². The molecule has 0 radical (unpaired) electrons. The van der Waals surface area contributed by atoms with E-state index in [0.717, 1.165) is 18.0 Å². The van der Waals surface area contributed by atoms with Crippen LogP contribution in [0.4, 0.5) is 10.1 Å². The summed E-state index contributed by atoms with van der Waals surface area (Å²) in [5.74, 6) is 0.0371. The zero-order valence-electron chi connectivity index (χ0n) is 17.0. The van der Waals surface area contributed by atoms with Crippen LogP contribution in [0.25, 0.3) is 0 Å². The van der Waals surface area contributed by atoms with Crippen LogP contribution in [0.5, 0.6) is 5.75 Å². The van der Waals surface area contributed by atoms with Gasteiger partial charge in [-0.2, -0.15) is 0 Å². The lowest BCUT2D eigenvalue weighted by Gasteiger charge is -2.10. The highest BCUT2D eigenvalue weighted by Crippen LogP contribution is 2.21. The lowest BCUT2D eigenvalue weighted by atomic mass is 10.1. The first-order valence-electron chi connectivity index (χ1n) is 9.36. The molecule has 0 aliphatic carbocycles. The summed E-state index contributed by atoms with van der Waals surface area (Å²) >= 11 is 0. The third kappa shape index (κ3) is 5.07. The first-order chi connectivity index (χ1) is 14.2. The van der Waals surface area contributed by atoms with Gasteiger partial charge in [0.25, 0.3) is 0 Å². The Morgan fingerprint density at radius 1 is 1.10 bits per heavy atom. The minimum Gasteiger partial charge on any atom is -0.494 e. The molecule has 0 saturated heterocycles. The predicted molar refractivity (Wildman–Crippen MR) is 114 cm³/mol. The molecular formula is C22H23FN2O4S. The van der Waals surface area contributed by atoms with Gasteiger partial charge in [0.2, 0.25) is 15.8 Å². The zero-order valence-corrected chi connectivity index (χ0v) is 17.8. The standard InChI is InChI=1S/C22H23FN2O4S/c1-4-29-19-10-6-15(7-11-19)22(26)21-12-9-18(25(21)2)13-16-5-8-17(14-20(16)23)24-30(3,27)28/h5-12,14,24H,4,13H2,1-3H3. The summed E-state index contributed by atoms with van der Waals surface area (Å²) in [6.45, 7) is 2.44. The molecule has 0 saturated carbocycles.